The van der Waals surface area contributed by atoms with Crippen molar-refractivity contribution in [3.8, 4) is 5.88 Å². The Morgan fingerprint density at radius 2 is 2.12 bits per heavy atom. The van der Waals surface area contributed by atoms with E-state index in [4.69, 9.17) is 4.74 Å². The summed E-state index contributed by atoms with van der Waals surface area (Å²) in [4.78, 5) is 33.2. The summed E-state index contributed by atoms with van der Waals surface area (Å²) in [5.41, 5.74) is 0.944. The van der Waals surface area contributed by atoms with E-state index >= 15 is 0 Å². The molecule has 0 bridgehead atoms. The van der Waals surface area contributed by atoms with Crippen molar-refractivity contribution in [3.05, 3.63) is 36.5 Å². The van der Waals surface area contributed by atoms with Crippen LogP contribution < -0.4 is 9.64 Å². The molecular weight excluding hydrogens is 332 g/mol. The molecule has 0 aliphatic carbocycles. The van der Waals surface area contributed by atoms with Gasteiger partial charge in [0.2, 0.25) is 17.7 Å². The predicted molar refractivity (Wildman–Crippen MR) is 96.7 cm³/mol. The van der Waals surface area contributed by atoms with E-state index < -0.39 is 0 Å². The summed E-state index contributed by atoms with van der Waals surface area (Å²) >= 11 is 0. The van der Waals surface area contributed by atoms with Crippen LogP contribution in [0.4, 0.5) is 5.95 Å². The molecule has 1 saturated heterocycles. The first-order chi connectivity index (χ1) is 12.7. The lowest BCUT2D eigenvalue weighted by Gasteiger charge is -2.30. The molecule has 2 aromatic heterocycles. The number of rotatable bonds is 5. The van der Waals surface area contributed by atoms with Gasteiger partial charge < -0.3 is 14.5 Å². The van der Waals surface area contributed by atoms with Gasteiger partial charge in [0.1, 0.15) is 6.33 Å². The van der Waals surface area contributed by atoms with Crippen LogP contribution in [0.2, 0.25) is 0 Å². The third-order valence-corrected chi connectivity index (χ3v) is 4.62. The van der Waals surface area contributed by atoms with E-state index in [0.29, 0.717) is 18.4 Å². The second-order valence-corrected chi connectivity index (χ2v) is 6.36. The van der Waals surface area contributed by atoms with Gasteiger partial charge in [-0.15, -0.1) is 0 Å². The molecule has 1 amide bonds. The zero-order chi connectivity index (χ0) is 18.4. The first-order valence-corrected chi connectivity index (χ1v) is 8.80. The maximum absolute atomic E-state index is 12.2. The smallest absolute Gasteiger partial charge is 0.228 e. The van der Waals surface area contributed by atoms with Gasteiger partial charge in [-0.25, -0.2) is 15.0 Å². The Morgan fingerprint density at radius 1 is 1.31 bits per heavy atom. The van der Waals surface area contributed by atoms with Crippen molar-refractivity contribution < 1.29 is 9.53 Å². The van der Waals surface area contributed by atoms with Crippen LogP contribution in [-0.2, 0) is 11.3 Å². The maximum atomic E-state index is 12.2. The Balaban J connectivity index is 1.68. The van der Waals surface area contributed by atoms with Gasteiger partial charge in [-0.05, 0) is 19.3 Å². The van der Waals surface area contributed by atoms with Crippen LogP contribution in [0.3, 0.4) is 0 Å². The minimum Gasteiger partial charge on any atom is -0.481 e. The lowest BCUT2D eigenvalue weighted by atomic mass is 10.1. The number of hydrogen-bond acceptors (Lipinski definition) is 7. The number of carbonyl (C=O) groups excluding carboxylic acids is 1. The molecule has 0 radical (unpaired) electrons. The fourth-order valence-corrected chi connectivity index (χ4v) is 3.29. The van der Waals surface area contributed by atoms with E-state index in [9.17, 15) is 4.79 Å². The summed E-state index contributed by atoms with van der Waals surface area (Å²) in [6.07, 6.45) is 9.52. The molecule has 0 unspecified atom stereocenters. The minimum absolute atomic E-state index is 0.0740. The van der Waals surface area contributed by atoms with E-state index in [1.165, 1.54) is 6.33 Å². The van der Waals surface area contributed by atoms with Crippen molar-refractivity contribution in [2.75, 3.05) is 25.1 Å². The Bertz CT molecular complexity index is 727. The molecule has 8 heteroatoms. The number of hydrogen-bond donors (Lipinski definition) is 0. The maximum Gasteiger partial charge on any atom is 0.228 e. The molecular formula is C18H24N6O2. The average molecular weight is 356 g/mol. The normalized spacial score (nSPS) is 17.5. The highest BCUT2D eigenvalue weighted by Gasteiger charge is 2.25. The van der Waals surface area contributed by atoms with Crippen molar-refractivity contribution in [1.82, 2.24) is 24.8 Å². The molecule has 0 spiro atoms. The summed E-state index contributed by atoms with van der Waals surface area (Å²) < 4.78 is 5.19. The molecule has 2 aromatic rings. The highest BCUT2D eigenvalue weighted by molar-refractivity contribution is 5.73. The van der Waals surface area contributed by atoms with Crippen LogP contribution in [0, 0.1) is 0 Å². The second kappa shape index (κ2) is 8.55. The average Bonchev–Trinajstić information content (AvgIpc) is 2.93. The number of ether oxygens (including phenoxy) is 1. The molecule has 1 aliphatic heterocycles. The molecule has 3 rings (SSSR count). The van der Waals surface area contributed by atoms with Crippen LogP contribution >= 0.6 is 0 Å². The number of nitrogens with zero attached hydrogens (tertiary/aromatic N) is 6. The van der Waals surface area contributed by atoms with E-state index in [0.717, 1.165) is 37.9 Å². The van der Waals surface area contributed by atoms with Gasteiger partial charge in [-0.1, -0.05) is 0 Å². The van der Waals surface area contributed by atoms with Crippen molar-refractivity contribution in [3.63, 3.8) is 0 Å². The molecule has 1 aliphatic rings. The molecule has 1 atom stereocenters. The molecule has 3 heterocycles. The highest BCUT2D eigenvalue weighted by Crippen LogP contribution is 2.22. The fourth-order valence-electron chi connectivity index (χ4n) is 3.29. The third kappa shape index (κ3) is 4.44. The van der Waals surface area contributed by atoms with Gasteiger partial charge in [0, 0.05) is 62.8 Å². The van der Waals surface area contributed by atoms with Gasteiger partial charge in [0.25, 0.3) is 0 Å². The number of carbonyl (C=O) groups is 1. The summed E-state index contributed by atoms with van der Waals surface area (Å²) in [7, 11) is 1.60. The largest absolute Gasteiger partial charge is 0.481 e. The zero-order valence-electron chi connectivity index (χ0n) is 15.2. The minimum atomic E-state index is 0.0740. The van der Waals surface area contributed by atoms with E-state index in [1.54, 1.807) is 38.7 Å². The lowest BCUT2D eigenvalue weighted by Crippen LogP contribution is -2.39. The van der Waals surface area contributed by atoms with Gasteiger partial charge in [0.05, 0.1) is 7.11 Å². The molecule has 0 aromatic carbocycles. The van der Waals surface area contributed by atoms with Crippen LogP contribution in [0.25, 0.3) is 0 Å². The van der Waals surface area contributed by atoms with Crippen LogP contribution in [0.15, 0.2) is 31.0 Å². The van der Waals surface area contributed by atoms with Gasteiger partial charge in [-0.2, -0.15) is 4.98 Å². The Kier molecular flexibility index (Phi) is 5.93. The quantitative estimate of drug-likeness (QED) is 0.806. The summed E-state index contributed by atoms with van der Waals surface area (Å²) in [6.45, 7) is 3.82. The van der Waals surface area contributed by atoms with Crippen LogP contribution in [0.5, 0.6) is 5.88 Å². The van der Waals surface area contributed by atoms with Crippen molar-refractivity contribution in [2.24, 2.45) is 0 Å². The molecule has 0 N–H and O–H groups in total. The van der Waals surface area contributed by atoms with Crippen molar-refractivity contribution >= 4 is 11.9 Å². The summed E-state index contributed by atoms with van der Waals surface area (Å²) in [5.74, 6) is 1.31. The second-order valence-electron chi connectivity index (χ2n) is 6.36. The zero-order valence-corrected chi connectivity index (χ0v) is 15.2. The SMILES string of the molecule is COc1ccnc(N2CCC[C@H](N(Cc3cncnc3)C(C)=O)CC2)n1. The number of methoxy groups -OCH3 is 1. The molecule has 1 fully saturated rings. The van der Waals surface area contributed by atoms with Gasteiger partial charge in [0.15, 0.2) is 0 Å². The third-order valence-electron chi connectivity index (χ3n) is 4.62. The first kappa shape index (κ1) is 18.0. The monoisotopic (exact) mass is 356 g/mol. The summed E-state index contributed by atoms with van der Waals surface area (Å²) in [6, 6.07) is 1.92. The Labute approximate surface area is 153 Å². The van der Waals surface area contributed by atoms with Crippen molar-refractivity contribution in [1.29, 1.82) is 0 Å². The van der Waals surface area contributed by atoms with Crippen LogP contribution in [-0.4, -0.2) is 57.0 Å². The van der Waals surface area contributed by atoms with E-state index in [-0.39, 0.29) is 11.9 Å². The molecule has 138 valence electrons. The van der Waals surface area contributed by atoms with Crippen molar-refractivity contribution in [2.45, 2.75) is 38.8 Å². The first-order valence-electron chi connectivity index (χ1n) is 8.80. The fraction of sp³-hybridized carbons (Fsp3) is 0.500. The van der Waals surface area contributed by atoms with Crippen LogP contribution in [0.1, 0.15) is 31.7 Å². The molecule has 8 nitrogen and oxygen atoms in total. The predicted octanol–water partition coefficient (Wildman–Crippen LogP) is 1.68. The van der Waals surface area contributed by atoms with E-state index in [2.05, 4.69) is 24.8 Å². The molecule has 26 heavy (non-hydrogen) atoms. The lowest BCUT2D eigenvalue weighted by molar-refractivity contribution is -0.132. The highest BCUT2D eigenvalue weighted by atomic mass is 16.5. The standard InChI is InChI=1S/C18H24N6O2/c1-14(25)24(12-15-10-19-13-20-11-15)16-4-3-8-23(9-6-16)18-21-7-5-17(22-18)26-2/h5,7,10-11,13,16H,3-4,6,8-9,12H2,1-2H3/t16-/m0/s1. The van der Waals surface area contributed by atoms with E-state index in [1.807, 2.05) is 4.90 Å². The molecule has 0 saturated carbocycles. The Morgan fingerprint density at radius 3 is 2.85 bits per heavy atom. The number of anilines is 1. The van der Waals surface area contributed by atoms with Gasteiger partial charge >= 0.3 is 0 Å². The number of amides is 1. The topological polar surface area (TPSA) is 84.3 Å². The summed E-state index contributed by atoms with van der Waals surface area (Å²) in [5, 5.41) is 0. The van der Waals surface area contributed by atoms with Gasteiger partial charge in [-0.3, -0.25) is 4.79 Å². The Hall–Kier alpha value is -2.77. The number of aromatic nitrogens is 4.